The SMILES string of the molecule is CN(CC1CCNCC1)c1cc(F)cc(I)c1. The summed E-state index contributed by atoms with van der Waals surface area (Å²) in [6, 6.07) is 5.20. The van der Waals surface area contributed by atoms with Crippen molar-refractivity contribution in [2.24, 2.45) is 5.92 Å². The maximum Gasteiger partial charge on any atom is 0.126 e. The number of halogens is 2. The molecule has 1 aromatic rings. The van der Waals surface area contributed by atoms with Crippen molar-refractivity contribution in [3.05, 3.63) is 27.6 Å². The molecule has 2 nitrogen and oxygen atoms in total. The number of rotatable bonds is 3. The van der Waals surface area contributed by atoms with Crippen molar-refractivity contribution in [2.75, 3.05) is 31.6 Å². The number of benzene rings is 1. The van der Waals surface area contributed by atoms with Gasteiger partial charge in [-0.3, -0.25) is 0 Å². The average molecular weight is 348 g/mol. The molecule has 2 rings (SSSR count). The van der Waals surface area contributed by atoms with Crippen molar-refractivity contribution in [3.8, 4) is 0 Å². The summed E-state index contributed by atoms with van der Waals surface area (Å²) in [6.07, 6.45) is 2.44. The lowest BCUT2D eigenvalue weighted by Crippen LogP contribution is -2.34. The van der Waals surface area contributed by atoms with Crippen molar-refractivity contribution in [2.45, 2.75) is 12.8 Å². The van der Waals surface area contributed by atoms with Gasteiger partial charge in [0.15, 0.2) is 0 Å². The van der Waals surface area contributed by atoms with E-state index in [1.165, 1.54) is 12.8 Å². The summed E-state index contributed by atoms with van der Waals surface area (Å²) in [4.78, 5) is 2.17. The van der Waals surface area contributed by atoms with Crippen LogP contribution in [0.25, 0.3) is 0 Å². The van der Waals surface area contributed by atoms with Gasteiger partial charge in [-0.1, -0.05) is 0 Å². The van der Waals surface area contributed by atoms with Crippen molar-refractivity contribution in [1.29, 1.82) is 0 Å². The molecule has 1 aliphatic heterocycles. The van der Waals surface area contributed by atoms with Gasteiger partial charge in [-0.2, -0.15) is 0 Å². The van der Waals surface area contributed by atoms with E-state index in [1.807, 2.05) is 13.1 Å². The highest BCUT2D eigenvalue weighted by Crippen LogP contribution is 2.21. The molecule has 1 aliphatic rings. The van der Waals surface area contributed by atoms with Gasteiger partial charge in [0.1, 0.15) is 5.82 Å². The molecule has 0 radical (unpaired) electrons. The molecule has 0 bridgehead atoms. The van der Waals surface area contributed by atoms with Crippen molar-refractivity contribution >= 4 is 28.3 Å². The second kappa shape index (κ2) is 6.00. The second-order valence-corrected chi connectivity index (χ2v) is 5.95. The average Bonchev–Trinajstić information content (AvgIpc) is 2.29. The fraction of sp³-hybridized carbons (Fsp3) is 0.538. The quantitative estimate of drug-likeness (QED) is 0.846. The maximum atomic E-state index is 13.3. The van der Waals surface area contributed by atoms with Gasteiger partial charge in [0.2, 0.25) is 0 Å². The van der Waals surface area contributed by atoms with Gasteiger partial charge >= 0.3 is 0 Å². The van der Waals surface area contributed by atoms with Crippen molar-refractivity contribution < 1.29 is 4.39 Å². The van der Waals surface area contributed by atoms with Gasteiger partial charge in [-0.15, -0.1) is 0 Å². The summed E-state index contributed by atoms with van der Waals surface area (Å²) in [6.45, 7) is 3.24. The van der Waals surface area contributed by atoms with Crippen LogP contribution in [0.15, 0.2) is 18.2 Å². The Labute approximate surface area is 116 Å². The summed E-state index contributed by atoms with van der Waals surface area (Å²) in [7, 11) is 2.05. The maximum absolute atomic E-state index is 13.3. The van der Waals surface area contributed by atoms with Gasteiger partial charge in [0.05, 0.1) is 0 Å². The number of hydrogen-bond donors (Lipinski definition) is 1. The third-order valence-electron chi connectivity index (χ3n) is 3.28. The molecule has 0 atom stereocenters. The molecule has 4 heteroatoms. The van der Waals surface area contributed by atoms with Crippen molar-refractivity contribution in [3.63, 3.8) is 0 Å². The predicted molar refractivity (Wildman–Crippen MR) is 78.0 cm³/mol. The Morgan fingerprint density at radius 2 is 2.06 bits per heavy atom. The summed E-state index contributed by atoms with van der Waals surface area (Å²) >= 11 is 2.16. The zero-order chi connectivity index (χ0) is 12.3. The Morgan fingerprint density at radius 1 is 1.35 bits per heavy atom. The number of anilines is 1. The van der Waals surface area contributed by atoms with E-state index in [1.54, 1.807) is 12.1 Å². The molecule has 0 spiro atoms. The lowest BCUT2D eigenvalue weighted by atomic mass is 9.97. The Kier molecular flexibility index (Phi) is 4.62. The Hall–Kier alpha value is -0.360. The fourth-order valence-electron chi connectivity index (χ4n) is 2.32. The first-order valence-electron chi connectivity index (χ1n) is 6.03. The van der Waals surface area contributed by atoms with Crippen LogP contribution in [0, 0.1) is 15.3 Å². The van der Waals surface area contributed by atoms with E-state index in [0.29, 0.717) is 0 Å². The molecule has 17 heavy (non-hydrogen) atoms. The Morgan fingerprint density at radius 3 is 2.71 bits per heavy atom. The molecular formula is C13H18FIN2. The largest absolute Gasteiger partial charge is 0.374 e. The zero-order valence-corrected chi connectivity index (χ0v) is 12.2. The van der Waals surface area contributed by atoms with Crippen LogP contribution in [0.1, 0.15) is 12.8 Å². The summed E-state index contributed by atoms with van der Waals surface area (Å²) in [5, 5.41) is 3.37. The molecule has 94 valence electrons. The molecule has 0 aliphatic carbocycles. The minimum Gasteiger partial charge on any atom is -0.374 e. The molecule has 1 heterocycles. The lowest BCUT2D eigenvalue weighted by Gasteiger charge is -2.29. The normalized spacial score (nSPS) is 17.1. The van der Waals surface area contributed by atoms with Gasteiger partial charge in [0, 0.05) is 22.8 Å². The second-order valence-electron chi connectivity index (χ2n) is 4.70. The number of hydrogen-bond acceptors (Lipinski definition) is 2. The highest BCUT2D eigenvalue weighted by Gasteiger charge is 2.15. The van der Waals surface area contributed by atoms with Crippen LogP contribution in [-0.4, -0.2) is 26.7 Å². The smallest absolute Gasteiger partial charge is 0.126 e. The Balaban J connectivity index is 2.00. The van der Waals surface area contributed by atoms with E-state index >= 15 is 0 Å². The molecule has 1 N–H and O–H groups in total. The van der Waals surface area contributed by atoms with E-state index < -0.39 is 0 Å². The molecule has 1 aromatic carbocycles. The molecule has 0 amide bonds. The first kappa shape index (κ1) is 13.1. The summed E-state index contributed by atoms with van der Waals surface area (Å²) in [5.74, 6) is 0.575. The molecule has 0 unspecified atom stereocenters. The molecule has 0 aromatic heterocycles. The minimum absolute atomic E-state index is 0.149. The first-order chi connectivity index (χ1) is 8.15. The fourth-order valence-corrected chi connectivity index (χ4v) is 2.93. The first-order valence-corrected chi connectivity index (χ1v) is 7.11. The van der Waals surface area contributed by atoms with Gasteiger partial charge in [0.25, 0.3) is 0 Å². The van der Waals surface area contributed by atoms with Crippen molar-refractivity contribution in [1.82, 2.24) is 5.32 Å². The van der Waals surface area contributed by atoms with Crippen LogP contribution in [0.3, 0.4) is 0 Å². The topological polar surface area (TPSA) is 15.3 Å². The summed E-state index contributed by atoms with van der Waals surface area (Å²) in [5.41, 5.74) is 0.980. The van der Waals surface area contributed by atoms with Crippen LogP contribution in [0.2, 0.25) is 0 Å². The molecular weight excluding hydrogens is 330 g/mol. The van der Waals surface area contributed by atoms with Gasteiger partial charge in [-0.25, -0.2) is 4.39 Å². The van der Waals surface area contributed by atoms with E-state index in [2.05, 4.69) is 32.8 Å². The third kappa shape index (κ3) is 3.81. The molecule has 1 saturated heterocycles. The van der Waals surface area contributed by atoms with Gasteiger partial charge in [-0.05, 0) is 72.6 Å². The Bertz CT molecular complexity index is 357. The van der Waals surface area contributed by atoms with E-state index in [0.717, 1.165) is 34.8 Å². The number of nitrogens with zero attached hydrogens (tertiary/aromatic N) is 1. The highest BCUT2D eigenvalue weighted by molar-refractivity contribution is 14.1. The van der Waals surface area contributed by atoms with E-state index in [-0.39, 0.29) is 5.82 Å². The molecule has 1 fully saturated rings. The minimum atomic E-state index is -0.149. The summed E-state index contributed by atoms with van der Waals surface area (Å²) < 4.78 is 14.3. The standard InChI is InChI=1S/C13H18FIN2/c1-17(9-10-2-4-16-5-3-10)13-7-11(14)6-12(15)8-13/h6-8,10,16H,2-5,9H2,1H3. The predicted octanol–water partition coefficient (Wildman–Crippen LogP) is 2.87. The van der Waals surface area contributed by atoms with Crippen LogP contribution >= 0.6 is 22.6 Å². The van der Waals surface area contributed by atoms with Crippen LogP contribution in [0.5, 0.6) is 0 Å². The molecule has 0 saturated carbocycles. The van der Waals surface area contributed by atoms with Crippen LogP contribution in [0.4, 0.5) is 10.1 Å². The third-order valence-corrected chi connectivity index (χ3v) is 3.90. The number of nitrogens with one attached hydrogen (secondary N) is 1. The zero-order valence-electron chi connectivity index (χ0n) is 10.0. The highest BCUT2D eigenvalue weighted by atomic mass is 127. The van der Waals surface area contributed by atoms with Crippen LogP contribution in [-0.2, 0) is 0 Å². The van der Waals surface area contributed by atoms with E-state index in [4.69, 9.17) is 0 Å². The van der Waals surface area contributed by atoms with Gasteiger partial charge < -0.3 is 10.2 Å². The monoisotopic (exact) mass is 348 g/mol. The lowest BCUT2D eigenvalue weighted by molar-refractivity contribution is 0.378. The van der Waals surface area contributed by atoms with Crippen LogP contribution < -0.4 is 10.2 Å². The van der Waals surface area contributed by atoms with E-state index in [9.17, 15) is 4.39 Å². The number of piperidine rings is 1.